The molecule has 1 aromatic heterocycles. The molecule has 2 aromatic carbocycles. The molecule has 2 heterocycles. The number of esters is 1. The van der Waals surface area contributed by atoms with Crippen molar-refractivity contribution in [3.05, 3.63) is 71.0 Å². The van der Waals surface area contributed by atoms with E-state index in [1.165, 1.54) is 0 Å². The van der Waals surface area contributed by atoms with Gasteiger partial charge >= 0.3 is 5.97 Å². The smallest absolute Gasteiger partial charge is 0.314 e. The Bertz CT molecular complexity index is 1110. The number of aromatic nitrogens is 2. The van der Waals surface area contributed by atoms with Crippen molar-refractivity contribution >= 4 is 34.5 Å². The lowest BCUT2D eigenvalue weighted by molar-refractivity contribution is -0.158. The second-order valence-electron chi connectivity index (χ2n) is 7.87. The summed E-state index contributed by atoms with van der Waals surface area (Å²) >= 11 is 6.17. The number of fused-ring (bicyclic) bond motifs is 1. The zero-order valence-corrected chi connectivity index (χ0v) is 18.1. The summed E-state index contributed by atoms with van der Waals surface area (Å²) < 4.78 is 5.46. The predicted octanol–water partition coefficient (Wildman–Crippen LogP) is 4.31. The van der Waals surface area contributed by atoms with Gasteiger partial charge in [-0.25, -0.2) is 0 Å². The maximum absolute atomic E-state index is 13.5. The minimum absolute atomic E-state index is 0.148. The van der Waals surface area contributed by atoms with E-state index in [1.54, 1.807) is 42.4 Å². The average molecular weight is 438 g/mol. The number of hydrogen-bond acceptors (Lipinski definition) is 5. The molecule has 0 unspecified atom stereocenters. The maximum atomic E-state index is 13.5. The molecule has 6 nitrogen and oxygen atoms in total. The fraction of sp³-hybridized carbons (Fsp3) is 0.333. The molecule has 1 atom stereocenters. The molecule has 0 bridgehead atoms. The van der Waals surface area contributed by atoms with E-state index in [1.807, 2.05) is 24.3 Å². The van der Waals surface area contributed by atoms with E-state index in [-0.39, 0.29) is 18.4 Å². The molecule has 1 fully saturated rings. The van der Waals surface area contributed by atoms with Crippen LogP contribution in [0.1, 0.15) is 35.7 Å². The number of ether oxygens (including phenoxy) is 1. The summed E-state index contributed by atoms with van der Waals surface area (Å²) in [7, 11) is 0. The Labute approximate surface area is 186 Å². The zero-order valence-electron chi connectivity index (χ0n) is 17.4. The van der Waals surface area contributed by atoms with Crippen LogP contribution in [0.15, 0.2) is 54.9 Å². The van der Waals surface area contributed by atoms with E-state index in [4.69, 9.17) is 16.3 Å². The van der Waals surface area contributed by atoms with Crippen LogP contribution in [0.3, 0.4) is 0 Å². The quantitative estimate of drug-likeness (QED) is 0.556. The molecule has 31 heavy (non-hydrogen) atoms. The molecule has 0 spiro atoms. The topological polar surface area (TPSA) is 72.4 Å². The zero-order chi connectivity index (χ0) is 21.8. The summed E-state index contributed by atoms with van der Waals surface area (Å²) in [6.07, 6.45) is 5.01. The molecule has 3 aromatic rings. The molecule has 7 heteroatoms. The number of carbonyl (C=O) groups is 2. The second kappa shape index (κ2) is 9.02. The Kier molecular flexibility index (Phi) is 6.18. The van der Waals surface area contributed by atoms with Gasteiger partial charge in [0.15, 0.2) is 0 Å². The molecule has 160 valence electrons. The first kappa shape index (κ1) is 21.2. The van der Waals surface area contributed by atoms with Crippen molar-refractivity contribution in [2.24, 2.45) is 5.41 Å². The van der Waals surface area contributed by atoms with Crippen molar-refractivity contribution in [3.8, 4) is 0 Å². The Hall–Kier alpha value is -2.99. The fourth-order valence-electron chi connectivity index (χ4n) is 4.35. The minimum atomic E-state index is -0.815. The molecule has 1 aliphatic heterocycles. The monoisotopic (exact) mass is 437 g/mol. The first-order valence-electron chi connectivity index (χ1n) is 10.4. The van der Waals surface area contributed by atoms with Gasteiger partial charge in [-0.1, -0.05) is 29.8 Å². The van der Waals surface area contributed by atoms with Crippen molar-refractivity contribution in [1.29, 1.82) is 0 Å². The fourth-order valence-corrected chi connectivity index (χ4v) is 4.56. The second-order valence-corrected chi connectivity index (χ2v) is 8.30. The summed E-state index contributed by atoms with van der Waals surface area (Å²) in [5, 5.41) is 0.620. The number of rotatable bonds is 5. The summed E-state index contributed by atoms with van der Waals surface area (Å²) in [6.45, 7) is 2.95. The van der Waals surface area contributed by atoms with E-state index in [0.29, 0.717) is 54.0 Å². The van der Waals surface area contributed by atoms with Crippen LogP contribution >= 0.6 is 11.6 Å². The Morgan fingerprint density at radius 2 is 1.97 bits per heavy atom. The standard InChI is InChI=1S/C24H24ClN3O3/c1-2-31-23(30)24(15-17-6-3-7-18(25)14-17)10-5-13-28(16-24)22(29)19-8-4-9-20-21(19)27-12-11-26-20/h3-4,6-9,11-12,14H,2,5,10,13,15-16H2,1H3/t24-/m1/s1. The van der Waals surface area contributed by atoms with Crippen LogP contribution in [-0.4, -0.2) is 46.4 Å². The molecule has 0 saturated carbocycles. The van der Waals surface area contributed by atoms with Crippen LogP contribution < -0.4 is 0 Å². The number of carbonyl (C=O) groups excluding carboxylic acids is 2. The van der Waals surface area contributed by atoms with Crippen LogP contribution in [0.25, 0.3) is 11.0 Å². The average Bonchev–Trinajstić information content (AvgIpc) is 2.78. The first-order valence-corrected chi connectivity index (χ1v) is 10.8. The number of benzene rings is 2. The Morgan fingerprint density at radius 3 is 2.77 bits per heavy atom. The highest BCUT2D eigenvalue weighted by Crippen LogP contribution is 2.36. The van der Waals surface area contributed by atoms with Crippen LogP contribution in [0.2, 0.25) is 5.02 Å². The molecule has 1 saturated heterocycles. The number of nitrogens with zero attached hydrogens (tertiary/aromatic N) is 3. The van der Waals surface area contributed by atoms with E-state index in [9.17, 15) is 9.59 Å². The van der Waals surface area contributed by atoms with Crippen LogP contribution in [-0.2, 0) is 16.0 Å². The Balaban J connectivity index is 1.66. The van der Waals surface area contributed by atoms with Gasteiger partial charge in [-0.05, 0) is 56.0 Å². The molecular formula is C24H24ClN3O3. The molecule has 0 radical (unpaired) electrons. The maximum Gasteiger partial charge on any atom is 0.314 e. The highest BCUT2D eigenvalue weighted by atomic mass is 35.5. The largest absolute Gasteiger partial charge is 0.466 e. The normalized spacial score (nSPS) is 18.7. The molecular weight excluding hydrogens is 414 g/mol. The number of para-hydroxylation sites is 1. The van der Waals surface area contributed by atoms with Crippen molar-refractivity contribution < 1.29 is 14.3 Å². The number of likely N-dealkylation sites (tertiary alicyclic amines) is 1. The van der Waals surface area contributed by atoms with E-state index in [2.05, 4.69) is 9.97 Å². The number of amides is 1. The van der Waals surface area contributed by atoms with Crippen molar-refractivity contribution in [2.45, 2.75) is 26.2 Å². The van der Waals surface area contributed by atoms with Crippen molar-refractivity contribution in [3.63, 3.8) is 0 Å². The molecule has 1 aliphatic rings. The van der Waals surface area contributed by atoms with Gasteiger partial charge in [-0.3, -0.25) is 19.6 Å². The lowest BCUT2D eigenvalue weighted by Gasteiger charge is -2.41. The van der Waals surface area contributed by atoms with Crippen LogP contribution in [0, 0.1) is 5.41 Å². The van der Waals surface area contributed by atoms with Crippen molar-refractivity contribution in [1.82, 2.24) is 14.9 Å². The third-order valence-corrected chi connectivity index (χ3v) is 5.97. The molecule has 4 rings (SSSR count). The van der Waals surface area contributed by atoms with Crippen LogP contribution in [0.4, 0.5) is 0 Å². The van der Waals surface area contributed by atoms with E-state index in [0.717, 1.165) is 5.56 Å². The van der Waals surface area contributed by atoms with Gasteiger partial charge in [0.05, 0.1) is 23.1 Å². The summed E-state index contributed by atoms with van der Waals surface area (Å²) in [5.41, 5.74) is 1.86. The third kappa shape index (κ3) is 4.39. The molecule has 1 amide bonds. The summed E-state index contributed by atoms with van der Waals surface area (Å²) in [6, 6.07) is 12.9. The van der Waals surface area contributed by atoms with Gasteiger partial charge in [0, 0.05) is 30.5 Å². The molecule has 0 aliphatic carbocycles. The van der Waals surface area contributed by atoms with Gasteiger partial charge in [-0.15, -0.1) is 0 Å². The lowest BCUT2D eigenvalue weighted by atomic mass is 9.75. The highest BCUT2D eigenvalue weighted by Gasteiger charge is 2.45. The van der Waals surface area contributed by atoms with E-state index < -0.39 is 5.41 Å². The molecule has 0 N–H and O–H groups in total. The van der Waals surface area contributed by atoms with Gasteiger partial charge in [0.1, 0.15) is 5.52 Å². The first-order chi connectivity index (χ1) is 15.0. The number of hydrogen-bond donors (Lipinski definition) is 0. The SMILES string of the molecule is CCOC(=O)[C@@]1(Cc2cccc(Cl)c2)CCCN(C(=O)c2cccc3nccnc23)C1. The van der Waals surface area contributed by atoms with Gasteiger partial charge < -0.3 is 9.64 Å². The summed E-state index contributed by atoms with van der Waals surface area (Å²) in [5.74, 6) is -0.421. The van der Waals surface area contributed by atoms with Gasteiger partial charge in [-0.2, -0.15) is 0 Å². The Morgan fingerprint density at radius 1 is 1.16 bits per heavy atom. The minimum Gasteiger partial charge on any atom is -0.466 e. The van der Waals surface area contributed by atoms with E-state index >= 15 is 0 Å². The van der Waals surface area contributed by atoms with Crippen molar-refractivity contribution in [2.75, 3.05) is 19.7 Å². The number of piperidine rings is 1. The third-order valence-electron chi connectivity index (χ3n) is 5.73. The highest BCUT2D eigenvalue weighted by molar-refractivity contribution is 6.30. The van der Waals surface area contributed by atoms with Gasteiger partial charge in [0.25, 0.3) is 5.91 Å². The predicted molar refractivity (Wildman–Crippen MR) is 119 cm³/mol. The van der Waals surface area contributed by atoms with Gasteiger partial charge in [0.2, 0.25) is 0 Å². The summed E-state index contributed by atoms with van der Waals surface area (Å²) in [4.78, 5) is 37.0. The van der Waals surface area contributed by atoms with Crippen LogP contribution in [0.5, 0.6) is 0 Å². The lowest BCUT2D eigenvalue weighted by Crippen LogP contribution is -2.51. The number of halogens is 1.